The van der Waals surface area contributed by atoms with Gasteiger partial charge in [0.15, 0.2) is 0 Å². The second-order valence-corrected chi connectivity index (χ2v) is 9.28. The van der Waals surface area contributed by atoms with Crippen LogP contribution in [0.4, 0.5) is 10.5 Å². The molecule has 8 nitrogen and oxygen atoms in total. The first kappa shape index (κ1) is 27.0. The van der Waals surface area contributed by atoms with E-state index in [0.717, 1.165) is 5.56 Å². The molecule has 34 heavy (non-hydrogen) atoms. The quantitative estimate of drug-likeness (QED) is 0.518. The van der Waals surface area contributed by atoms with E-state index in [0.29, 0.717) is 10.7 Å². The highest BCUT2D eigenvalue weighted by Crippen LogP contribution is 2.32. The number of nitrogens with one attached hydrogen (secondary N) is 2. The number of aryl methyl sites for hydroxylation is 1. The Morgan fingerprint density at radius 1 is 1.12 bits per heavy atom. The number of phenolic OH excluding ortho intramolecular Hbond substituents is 1. The molecule has 0 aliphatic rings. The van der Waals surface area contributed by atoms with Crippen LogP contribution >= 0.6 is 11.6 Å². The molecular weight excluding hydrogens is 458 g/mol. The largest absolute Gasteiger partial charge is 0.508 e. The van der Waals surface area contributed by atoms with Crippen molar-refractivity contribution in [3.63, 3.8) is 0 Å². The maximum Gasteiger partial charge on any atom is 0.408 e. The number of nitrogens with zero attached hydrogens (tertiary/aromatic N) is 1. The highest BCUT2D eigenvalue weighted by atomic mass is 35.5. The fourth-order valence-electron chi connectivity index (χ4n) is 3.41. The van der Waals surface area contributed by atoms with E-state index in [1.54, 1.807) is 71.0 Å². The lowest BCUT2D eigenvalue weighted by Gasteiger charge is -2.33. The minimum absolute atomic E-state index is 0.132. The van der Waals surface area contributed by atoms with Crippen LogP contribution in [0.15, 0.2) is 42.5 Å². The lowest BCUT2D eigenvalue weighted by Crippen LogP contribution is -2.51. The van der Waals surface area contributed by atoms with Crippen molar-refractivity contribution in [3.05, 3.63) is 58.6 Å². The van der Waals surface area contributed by atoms with Gasteiger partial charge in [-0.3, -0.25) is 9.59 Å². The van der Waals surface area contributed by atoms with Crippen LogP contribution in [0, 0.1) is 6.92 Å². The second kappa shape index (κ2) is 11.2. The average Bonchev–Trinajstić information content (AvgIpc) is 2.73. The van der Waals surface area contributed by atoms with Crippen molar-refractivity contribution in [2.45, 2.75) is 59.2 Å². The number of hydrogen-bond donors (Lipinski definition) is 3. The predicted octanol–water partition coefficient (Wildman–Crippen LogP) is 4.80. The van der Waals surface area contributed by atoms with Crippen LogP contribution in [-0.2, 0) is 14.3 Å². The van der Waals surface area contributed by atoms with E-state index in [9.17, 15) is 19.5 Å². The van der Waals surface area contributed by atoms with Crippen LogP contribution < -0.4 is 10.6 Å². The number of hydrogen-bond acceptors (Lipinski definition) is 5. The number of aromatic hydroxyl groups is 1. The molecule has 2 rings (SSSR count). The van der Waals surface area contributed by atoms with Gasteiger partial charge in [0, 0.05) is 12.1 Å². The molecule has 0 aliphatic carbocycles. The summed E-state index contributed by atoms with van der Waals surface area (Å²) < 4.78 is 5.23. The first-order valence-corrected chi connectivity index (χ1v) is 11.4. The smallest absolute Gasteiger partial charge is 0.408 e. The van der Waals surface area contributed by atoms with Gasteiger partial charge in [-0.2, -0.15) is 0 Å². The van der Waals surface area contributed by atoms with Gasteiger partial charge in [-0.05, 0) is 59.2 Å². The molecular formula is C25H32ClN3O5. The summed E-state index contributed by atoms with van der Waals surface area (Å²) in [6.07, 6.45) is -0.750. The van der Waals surface area contributed by atoms with Gasteiger partial charge in [0.05, 0.1) is 10.7 Å². The number of ether oxygens (including phenoxy) is 1. The van der Waals surface area contributed by atoms with Gasteiger partial charge < -0.3 is 25.4 Å². The first-order chi connectivity index (χ1) is 15.9. The third kappa shape index (κ3) is 6.87. The molecule has 0 aromatic heterocycles. The van der Waals surface area contributed by atoms with E-state index in [1.165, 1.54) is 17.9 Å². The molecule has 184 valence electrons. The Bertz CT molecular complexity index is 1030. The third-order valence-corrected chi connectivity index (χ3v) is 5.30. The summed E-state index contributed by atoms with van der Waals surface area (Å²) in [5.74, 6) is -1.22. The molecule has 3 amide bonds. The zero-order valence-corrected chi connectivity index (χ0v) is 21.1. The minimum atomic E-state index is -1.18. The van der Waals surface area contributed by atoms with E-state index < -0.39 is 35.6 Å². The number of alkyl carbamates (subject to hydrolysis) is 1. The maximum atomic E-state index is 13.5. The van der Waals surface area contributed by atoms with Gasteiger partial charge in [0.1, 0.15) is 23.4 Å². The van der Waals surface area contributed by atoms with Gasteiger partial charge in [-0.25, -0.2) is 4.79 Å². The van der Waals surface area contributed by atoms with E-state index in [4.69, 9.17) is 16.3 Å². The molecule has 0 saturated carbocycles. The van der Waals surface area contributed by atoms with E-state index in [1.807, 2.05) is 0 Å². The van der Waals surface area contributed by atoms with Crippen molar-refractivity contribution in [2.24, 2.45) is 0 Å². The van der Waals surface area contributed by atoms with Crippen LogP contribution in [0.25, 0.3) is 0 Å². The number of para-hydroxylation sites is 2. The first-order valence-electron chi connectivity index (χ1n) is 11.0. The Morgan fingerprint density at radius 3 is 2.32 bits per heavy atom. The zero-order valence-electron chi connectivity index (χ0n) is 20.3. The van der Waals surface area contributed by atoms with Gasteiger partial charge in [-0.1, -0.05) is 41.9 Å². The van der Waals surface area contributed by atoms with Crippen molar-refractivity contribution in [3.8, 4) is 5.75 Å². The standard InChI is InChI=1S/C25H32ClN3O5/c1-7-29(23(32)16(3)27-24(33)34-25(4,5)6)21(17-12-8-9-14-19(17)30)22(31)28-20-15(2)11-10-13-18(20)26/h8-14,16,21,30H,7H2,1-6H3,(H,27,33)(H,28,31). The summed E-state index contributed by atoms with van der Waals surface area (Å²) in [7, 11) is 0. The molecule has 2 aromatic carbocycles. The Kier molecular flexibility index (Phi) is 8.93. The zero-order chi connectivity index (χ0) is 25.6. The van der Waals surface area contributed by atoms with Gasteiger partial charge in [-0.15, -0.1) is 0 Å². The van der Waals surface area contributed by atoms with Gasteiger partial charge >= 0.3 is 6.09 Å². The summed E-state index contributed by atoms with van der Waals surface area (Å²) in [5, 5.41) is 16.2. The van der Waals surface area contributed by atoms with Crippen LogP contribution in [0.3, 0.4) is 0 Å². The summed E-state index contributed by atoms with van der Waals surface area (Å²) in [5.41, 5.74) is 0.663. The molecule has 0 radical (unpaired) electrons. The minimum Gasteiger partial charge on any atom is -0.508 e. The monoisotopic (exact) mass is 489 g/mol. The van der Waals surface area contributed by atoms with E-state index in [-0.39, 0.29) is 17.9 Å². The van der Waals surface area contributed by atoms with Crippen LogP contribution in [0.5, 0.6) is 5.75 Å². The van der Waals surface area contributed by atoms with Crippen molar-refractivity contribution in [2.75, 3.05) is 11.9 Å². The fraction of sp³-hybridized carbons (Fsp3) is 0.400. The normalized spacial score (nSPS) is 12.9. The second-order valence-electron chi connectivity index (χ2n) is 8.87. The number of rotatable bonds is 7. The lowest BCUT2D eigenvalue weighted by atomic mass is 10.0. The van der Waals surface area contributed by atoms with E-state index >= 15 is 0 Å². The Morgan fingerprint density at radius 2 is 1.76 bits per heavy atom. The van der Waals surface area contributed by atoms with Gasteiger partial charge in [0.25, 0.3) is 5.91 Å². The summed E-state index contributed by atoms with van der Waals surface area (Å²) in [6.45, 7) is 10.3. The van der Waals surface area contributed by atoms with Crippen LogP contribution in [-0.4, -0.2) is 46.1 Å². The van der Waals surface area contributed by atoms with Crippen molar-refractivity contribution < 1.29 is 24.2 Å². The number of phenols is 1. The molecule has 3 N–H and O–H groups in total. The molecule has 0 saturated heterocycles. The summed E-state index contributed by atoms with van der Waals surface area (Å²) in [6, 6.07) is 9.33. The van der Waals surface area contributed by atoms with Crippen LogP contribution in [0.1, 0.15) is 51.8 Å². The molecule has 2 aromatic rings. The number of anilines is 1. The van der Waals surface area contributed by atoms with E-state index in [2.05, 4.69) is 10.6 Å². The van der Waals surface area contributed by atoms with Crippen LogP contribution in [0.2, 0.25) is 5.02 Å². The summed E-state index contributed by atoms with van der Waals surface area (Å²) >= 11 is 6.29. The molecule has 0 spiro atoms. The maximum absolute atomic E-state index is 13.5. The predicted molar refractivity (Wildman–Crippen MR) is 132 cm³/mol. The molecule has 2 atom stereocenters. The molecule has 0 fully saturated rings. The average molecular weight is 490 g/mol. The molecule has 2 unspecified atom stereocenters. The summed E-state index contributed by atoms with van der Waals surface area (Å²) in [4.78, 5) is 40.4. The Hall–Kier alpha value is -3.26. The topological polar surface area (TPSA) is 108 Å². The Labute approximate surface area is 205 Å². The number of halogens is 1. The number of carbonyl (C=O) groups excluding carboxylic acids is 3. The van der Waals surface area contributed by atoms with Crippen molar-refractivity contribution in [1.82, 2.24) is 10.2 Å². The molecule has 0 heterocycles. The fourth-order valence-corrected chi connectivity index (χ4v) is 3.68. The lowest BCUT2D eigenvalue weighted by molar-refractivity contribution is -0.140. The van der Waals surface area contributed by atoms with Crippen molar-refractivity contribution >= 4 is 35.2 Å². The number of carbonyl (C=O) groups is 3. The molecule has 0 bridgehead atoms. The molecule has 0 aliphatic heterocycles. The Balaban J connectivity index is 2.40. The highest BCUT2D eigenvalue weighted by Gasteiger charge is 2.35. The number of likely N-dealkylation sites (N-methyl/N-ethyl adjacent to an activating group) is 1. The number of benzene rings is 2. The van der Waals surface area contributed by atoms with Gasteiger partial charge in [0.2, 0.25) is 5.91 Å². The van der Waals surface area contributed by atoms with Crippen molar-refractivity contribution in [1.29, 1.82) is 0 Å². The third-order valence-electron chi connectivity index (χ3n) is 4.99. The SMILES string of the molecule is CCN(C(=O)C(C)NC(=O)OC(C)(C)C)C(C(=O)Nc1c(C)cccc1Cl)c1ccccc1O. The molecule has 9 heteroatoms. The number of amides is 3. The highest BCUT2D eigenvalue weighted by molar-refractivity contribution is 6.34.